The number of nitrogens with zero attached hydrogens (tertiary/aromatic N) is 4. The van der Waals surface area contributed by atoms with E-state index in [0.717, 1.165) is 17.7 Å². The normalized spacial score (nSPS) is 12.2. The first kappa shape index (κ1) is 23.1. The monoisotopic (exact) mass is 485 g/mol. The molecule has 1 N–H and O–H groups in total. The molecule has 0 fully saturated rings. The fourth-order valence-electron chi connectivity index (χ4n) is 4.21. The molecule has 0 saturated carbocycles. The van der Waals surface area contributed by atoms with Crippen LogP contribution in [0.2, 0.25) is 0 Å². The number of amides is 1. The van der Waals surface area contributed by atoms with Crippen LogP contribution in [0.15, 0.2) is 66.9 Å². The van der Waals surface area contributed by atoms with Crippen LogP contribution in [0, 0.1) is 28.8 Å². The van der Waals surface area contributed by atoms with Crippen molar-refractivity contribution in [3.63, 3.8) is 0 Å². The topological polar surface area (TPSA) is 81.9 Å². The number of rotatable bonds is 5. The Kier molecular flexibility index (Phi) is 6.09. The van der Waals surface area contributed by atoms with Gasteiger partial charge in [0.25, 0.3) is 0 Å². The van der Waals surface area contributed by atoms with Gasteiger partial charge in [-0.1, -0.05) is 18.2 Å². The summed E-state index contributed by atoms with van der Waals surface area (Å²) in [6.45, 7) is 0.382. The molecule has 178 valence electrons. The summed E-state index contributed by atoms with van der Waals surface area (Å²) in [7, 11) is 0. The lowest BCUT2D eigenvalue weighted by Crippen LogP contribution is -2.31. The van der Waals surface area contributed by atoms with Gasteiger partial charge in [-0.25, -0.2) is 23.1 Å². The first-order valence-electron chi connectivity index (χ1n) is 11.1. The minimum absolute atomic E-state index is 0.107. The van der Waals surface area contributed by atoms with Crippen molar-refractivity contribution in [1.82, 2.24) is 9.97 Å². The SMILES string of the molecule is N#Cc1cc(-c2ccnc(Nc3ccc(F)c(F)c3)n2)cc2c1N(C(=O)Cc1ccccc1F)CC2. The Morgan fingerprint density at radius 2 is 1.86 bits per heavy atom. The molecule has 1 aliphatic rings. The van der Waals surface area contributed by atoms with Crippen LogP contribution in [0.1, 0.15) is 16.7 Å². The van der Waals surface area contributed by atoms with Gasteiger partial charge in [0.2, 0.25) is 11.9 Å². The predicted octanol–water partition coefficient (Wildman–Crippen LogP) is 5.31. The van der Waals surface area contributed by atoms with Gasteiger partial charge in [-0.3, -0.25) is 4.79 Å². The maximum absolute atomic E-state index is 14.1. The van der Waals surface area contributed by atoms with Crippen molar-refractivity contribution in [2.24, 2.45) is 0 Å². The van der Waals surface area contributed by atoms with E-state index in [1.54, 1.807) is 30.3 Å². The average molecular weight is 485 g/mol. The van der Waals surface area contributed by atoms with Crippen LogP contribution < -0.4 is 10.2 Å². The maximum Gasteiger partial charge on any atom is 0.231 e. The summed E-state index contributed by atoms with van der Waals surface area (Å²) < 4.78 is 40.8. The van der Waals surface area contributed by atoms with Crippen molar-refractivity contribution in [3.05, 3.63) is 101 Å². The Hall–Kier alpha value is -4.71. The standard InChI is InChI=1S/C27H18F3N5O/c28-21-4-2-1-3-16(21)13-25(36)35-10-8-17-11-18(12-19(15-31)26(17)35)24-7-9-32-27(34-24)33-20-5-6-22(29)23(30)14-20/h1-7,9,11-12,14H,8,10,13H2,(H,32,33,34). The summed E-state index contributed by atoms with van der Waals surface area (Å²) in [6.07, 6.45) is 1.93. The number of nitrogens with one attached hydrogen (secondary N) is 1. The summed E-state index contributed by atoms with van der Waals surface area (Å²) in [4.78, 5) is 23.1. The fraction of sp³-hybridized carbons (Fsp3) is 0.111. The molecule has 0 radical (unpaired) electrons. The van der Waals surface area contributed by atoms with Crippen molar-refractivity contribution < 1.29 is 18.0 Å². The lowest BCUT2D eigenvalue weighted by molar-refractivity contribution is -0.117. The van der Waals surface area contributed by atoms with E-state index in [9.17, 15) is 23.2 Å². The molecule has 6 nitrogen and oxygen atoms in total. The molecule has 0 atom stereocenters. The van der Waals surface area contributed by atoms with Crippen LogP contribution >= 0.6 is 0 Å². The van der Waals surface area contributed by atoms with Gasteiger partial charge in [-0.05, 0) is 53.9 Å². The van der Waals surface area contributed by atoms with E-state index in [1.807, 2.05) is 6.07 Å². The fourth-order valence-corrected chi connectivity index (χ4v) is 4.21. The highest BCUT2D eigenvalue weighted by molar-refractivity contribution is 5.98. The van der Waals surface area contributed by atoms with Gasteiger partial charge in [0.15, 0.2) is 11.6 Å². The van der Waals surface area contributed by atoms with E-state index in [-0.39, 0.29) is 24.0 Å². The molecule has 0 aliphatic carbocycles. The van der Waals surface area contributed by atoms with Crippen LogP contribution in [0.3, 0.4) is 0 Å². The molecular formula is C27H18F3N5O. The average Bonchev–Trinajstić information content (AvgIpc) is 3.32. The quantitative estimate of drug-likeness (QED) is 0.415. The summed E-state index contributed by atoms with van der Waals surface area (Å²) in [6, 6.07) is 16.8. The molecule has 5 rings (SSSR count). The summed E-state index contributed by atoms with van der Waals surface area (Å²) in [5, 5.41) is 12.7. The maximum atomic E-state index is 14.1. The van der Waals surface area contributed by atoms with Crippen LogP contribution in [0.5, 0.6) is 0 Å². The van der Waals surface area contributed by atoms with E-state index in [2.05, 4.69) is 21.4 Å². The zero-order chi connectivity index (χ0) is 25.2. The van der Waals surface area contributed by atoms with Crippen molar-refractivity contribution in [1.29, 1.82) is 5.26 Å². The molecule has 1 aliphatic heterocycles. The number of hydrogen-bond acceptors (Lipinski definition) is 5. The smallest absolute Gasteiger partial charge is 0.231 e. The number of fused-ring (bicyclic) bond motifs is 1. The van der Waals surface area contributed by atoms with Gasteiger partial charge >= 0.3 is 0 Å². The second-order valence-electron chi connectivity index (χ2n) is 8.23. The highest BCUT2D eigenvalue weighted by Gasteiger charge is 2.29. The zero-order valence-electron chi connectivity index (χ0n) is 18.8. The molecule has 2 heterocycles. The summed E-state index contributed by atoms with van der Waals surface area (Å²) >= 11 is 0. The van der Waals surface area contributed by atoms with Crippen molar-refractivity contribution in [3.8, 4) is 17.3 Å². The molecule has 0 spiro atoms. The summed E-state index contributed by atoms with van der Waals surface area (Å²) in [5.74, 6) is -2.53. The predicted molar refractivity (Wildman–Crippen MR) is 128 cm³/mol. The highest BCUT2D eigenvalue weighted by Crippen LogP contribution is 2.36. The van der Waals surface area contributed by atoms with E-state index in [1.165, 1.54) is 23.2 Å². The van der Waals surface area contributed by atoms with E-state index < -0.39 is 17.5 Å². The lowest BCUT2D eigenvalue weighted by atomic mass is 10.0. The molecule has 0 bridgehead atoms. The molecule has 9 heteroatoms. The zero-order valence-corrected chi connectivity index (χ0v) is 18.8. The molecular weight excluding hydrogens is 467 g/mol. The van der Waals surface area contributed by atoms with Crippen molar-refractivity contribution in [2.45, 2.75) is 12.8 Å². The van der Waals surface area contributed by atoms with Gasteiger partial charge in [0.1, 0.15) is 11.9 Å². The Labute approximate surface area is 204 Å². The molecule has 0 unspecified atom stereocenters. The highest BCUT2D eigenvalue weighted by atomic mass is 19.2. The lowest BCUT2D eigenvalue weighted by Gasteiger charge is -2.19. The molecule has 0 saturated heterocycles. The second-order valence-corrected chi connectivity index (χ2v) is 8.23. The van der Waals surface area contributed by atoms with Crippen LogP contribution in [0.4, 0.5) is 30.5 Å². The third-order valence-electron chi connectivity index (χ3n) is 5.91. The molecule has 1 amide bonds. The first-order chi connectivity index (χ1) is 17.4. The molecule has 3 aromatic carbocycles. The third kappa shape index (κ3) is 4.49. The van der Waals surface area contributed by atoms with E-state index in [0.29, 0.717) is 41.0 Å². The number of nitriles is 1. The number of aromatic nitrogens is 2. The Balaban J connectivity index is 1.43. The Morgan fingerprint density at radius 1 is 1.03 bits per heavy atom. The van der Waals surface area contributed by atoms with Crippen LogP contribution in [-0.2, 0) is 17.6 Å². The van der Waals surface area contributed by atoms with Crippen molar-refractivity contribution >= 4 is 23.2 Å². The number of anilines is 3. The number of hydrogen-bond donors (Lipinski definition) is 1. The van der Waals surface area contributed by atoms with Crippen LogP contribution in [0.25, 0.3) is 11.3 Å². The number of carbonyl (C=O) groups is 1. The Bertz CT molecular complexity index is 1530. The van der Waals surface area contributed by atoms with Gasteiger partial charge < -0.3 is 10.2 Å². The van der Waals surface area contributed by atoms with Gasteiger partial charge in [0.05, 0.1) is 23.4 Å². The Morgan fingerprint density at radius 3 is 2.64 bits per heavy atom. The van der Waals surface area contributed by atoms with Gasteiger partial charge in [-0.15, -0.1) is 0 Å². The van der Waals surface area contributed by atoms with Crippen LogP contribution in [-0.4, -0.2) is 22.4 Å². The molecule has 1 aromatic heterocycles. The number of carbonyl (C=O) groups excluding carboxylic acids is 1. The summed E-state index contributed by atoms with van der Waals surface area (Å²) in [5.41, 5.74) is 3.36. The van der Waals surface area contributed by atoms with Gasteiger partial charge in [0, 0.05) is 30.1 Å². The molecule has 36 heavy (non-hydrogen) atoms. The van der Waals surface area contributed by atoms with Gasteiger partial charge in [-0.2, -0.15) is 5.26 Å². The number of benzene rings is 3. The van der Waals surface area contributed by atoms with Crippen molar-refractivity contribution in [2.75, 3.05) is 16.8 Å². The molecule has 4 aromatic rings. The minimum atomic E-state index is -0.998. The first-order valence-corrected chi connectivity index (χ1v) is 11.1. The van der Waals surface area contributed by atoms with E-state index >= 15 is 0 Å². The third-order valence-corrected chi connectivity index (χ3v) is 5.91. The number of halogens is 3. The largest absolute Gasteiger partial charge is 0.324 e. The van der Waals surface area contributed by atoms with E-state index in [4.69, 9.17) is 0 Å². The minimum Gasteiger partial charge on any atom is -0.324 e. The second kappa shape index (κ2) is 9.50.